The summed E-state index contributed by atoms with van der Waals surface area (Å²) >= 11 is 13.8. The van der Waals surface area contributed by atoms with E-state index >= 15 is 0 Å². The van der Waals surface area contributed by atoms with Crippen LogP contribution < -0.4 is 10.2 Å². The lowest BCUT2D eigenvalue weighted by atomic mass is 10.1. The van der Waals surface area contributed by atoms with E-state index in [0.29, 0.717) is 47.2 Å². The number of nitrogens with zero attached hydrogens (tertiary/aromatic N) is 4. The van der Waals surface area contributed by atoms with Gasteiger partial charge in [-0.2, -0.15) is 0 Å². The largest absolute Gasteiger partial charge is 0.394 e. The van der Waals surface area contributed by atoms with Crippen LogP contribution in [0.25, 0.3) is 10.2 Å². The van der Waals surface area contributed by atoms with Gasteiger partial charge in [-0.25, -0.2) is 14.8 Å². The molecule has 3 N–H and O–H groups in total. The molecule has 2 aromatic heterocycles. The van der Waals surface area contributed by atoms with Crippen LogP contribution in [-0.2, 0) is 6.42 Å². The minimum Gasteiger partial charge on any atom is -0.394 e. The van der Waals surface area contributed by atoms with Gasteiger partial charge in [-0.05, 0) is 29.8 Å². The van der Waals surface area contributed by atoms with Crippen molar-refractivity contribution in [3.63, 3.8) is 0 Å². The van der Waals surface area contributed by atoms with E-state index in [2.05, 4.69) is 15.3 Å². The smallest absolute Gasteiger partial charge is 0.323 e. The van der Waals surface area contributed by atoms with Gasteiger partial charge in [0.2, 0.25) is 0 Å². The number of rotatable bonds is 5. The van der Waals surface area contributed by atoms with Gasteiger partial charge in [-0.15, -0.1) is 0 Å². The first kappa shape index (κ1) is 22.0. The van der Waals surface area contributed by atoms with Crippen molar-refractivity contribution in [3.05, 3.63) is 46.1 Å². The van der Waals surface area contributed by atoms with Crippen LogP contribution in [0.5, 0.6) is 0 Å². The molecule has 1 saturated heterocycles. The molecule has 0 bridgehead atoms. The van der Waals surface area contributed by atoms with Crippen LogP contribution in [-0.4, -0.2) is 70.0 Å². The number of urea groups is 1. The number of anilines is 2. The number of aliphatic hydroxyl groups is 2. The number of pyridine rings is 1. The van der Waals surface area contributed by atoms with Gasteiger partial charge in [0.1, 0.15) is 5.82 Å². The average Bonchev–Trinajstić information content (AvgIpc) is 3.15. The van der Waals surface area contributed by atoms with Gasteiger partial charge in [0.05, 0.1) is 28.0 Å². The Morgan fingerprint density at radius 1 is 1.23 bits per heavy atom. The van der Waals surface area contributed by atoms with Crippen LogP contribution >= 0.6 is 34.5 Å². The number of fused-ring (bicyclic) bond motifs is 1. The summed E-state index contributed by atoms with van der Waals surface area (Å²) < 4.78 is 0.920. The van der Waals surface area contributed by atoms with Crippen molar-refractivity contribution in [2.45, 2.75) is 12.5 Å². The van der Waals surface area contributed by atoms with E-state index in [1.165, 1.54) is 11.3 Å². The number of aromatic nitrogens is 2. The summed E-state index contributed by atoms with van der Waals surface area (Å²) in [6, 6.07) is 6.98. The Hall–Kier alpha value is -2.17. The molecule has 8 nitrogen and oxygen atoms in total. The van der Waals surface area contributed by atoms with E-state index in [-0.39, 0.29) is 19.1 Å². The summed E-state index contributed by atoms with van der Waals surface area (Å²) in [7, 11) is 0. The van der Waals surface area contributed by atoms with E-state index in [1.807, 2.05) is 17.0 Å². The van der Waals surface area contributed by atoms with Crippen LogP contribution in [0.1, 0.15) is 5.56 Å². The second-order valence-electron chi connectivity index (χ2n) is 7.22. The van der Waals surface area contributed by atoms with Gasteiger partial charge < -0.3 is 20.0 Å². The highest BCUT2D eigenvalue weighted by atomic mass is 35.5. The molecule has 3 aromatic rings. The monoisotopic (exact) mass is 481 g/mol. The van der Waals surface area contributed by atoms with Gasteiger partial charge in [-0.1, -0.05) is 34.5 Å². The molecule has 0 aliphatic carbocycles. The van der Waals surface area contributed by atoms with Crippen molar-refractivity contribution < 1.29 is 15.0 Å². The SMILES string of the molecule is O=C(Nc1nc2ccc(Cl)cc2s1)N1CCN(c2ncc(C[C@@H](O)CO)cc2Cl)CC1. The Morgan fingerprint density at radius 2 is 2.00 bits per heavy atom. The summed E-state index contributed by atoms with van der Waals surface area (Å²) in [6.45, 7) is 1.91. The standard InChI is InChI=1S/C20H21Cl2N5O3S/c21-13-1-2-16-17(9-13)31-19(24-16)25-20(30)27-5-3-26(4-6-27)18-15(22)8-12(10-23-18)7-14(29)11-28/h1-2,8-10,14,28-29H,3-7,11H2,(H,24,25,30)/t14-/m1/s1. The van der Waals surface area contributed by atoms with Crippen LogP contribution in [0.15, 0.2) is 30.5 Å². The first-order valence-electron chi connectivity index (χ1n) is 9.73. The number of piperazine rings is 1. The second kappa shape index (κ2) is 9.54. The Kier molecular flexibility index (Phi) is 6.78. The Morgan fingerprint density at radius 3 is 2.71 bits per heavy atom. The molecule has 1 aromatic carbocycles. The number of aliphatic hydroxyl groups excluding tert-OH is 2. The summed E-state index contributed by atoms with van der Waals surface area (Å²) in [5.41, 5.74) is 1.55. The molecule has 0 unspecified atom stereocenters. The molecule has 4 rings (SSSR count). The third-order valence-electron chi connectivity index (χ3n) is 4.99. The highest BCUT2D eigenvalue weighted by Gasteiger charge is 2.24. The van der Waals surface area contributed by atoms with Crippen molar-refractivity contribution in [2.24, 2.45) is 0 Å². The van der Waals surface area contributed by atoms with Gasteiger partial charge in [-0.3, -0.25) is 5.32 Å². The molecular formula is C20H21Cl2N5O3S. The number of hydrogen-bond acceptors (Lipinski definition) is 7. The molecule has 31 heavy (non-hydrogen) atoms. The molecular weight excluding hydrogens is 461 g/mol. The number of carbonyl (C=O) groups excluding carboxylic acids is 1. The number of nitrogens with one attached hydrogen (secondary N) is 1. The third kappa shape index (κ3) is 5.19. The first-order chi connectivity index (χ1) is 14.9. The minimum atomic E-state index is -0.835. The maximum Gasteiger partial charge on any atom is 0.323 e. The van der Waals surface area contributed by atoms with Crippen molar-refractivity contribution >= 4 is 61.7 Å². The predicted octanol–water partition coefficient (Wildman–Crippen LogP) is 3.25. The van der Waals surface area contributed by atoms with Crippen molar-refractivity contribution in [2.75, 3.05) is 43.0 Å². The number of carbonyl (C=O) groups is 1. The summed E-state index contributed by atoms with van der Waals surface area (Å²) in [5, 5.41) is 23.1. The zero-order chi connectivity index (χ0) is 22.0. The van der Waals surface area contributed by atoms with E-state index < -0.39 is 6.10 Å². The molecule has 0 spiro atoms. The van der Waals surface area contributed by atoms with E-state index in [9.17, 15) is 9.90 Å². The Bertz CT molecular complexity index is 1090. The molecule has 2 amide bonds. The topological polar surface area (TPSA) is 102 Å². The molecule has 3 heterocycles. The van der Waals surface area contributed by atoms with Crippen LogP contribution in [0.3, 0.4) is 0 Å². The fraction of sp³-hybridized carbons (Fsp3) is 0.350. The molecule has 1 atom stereocenters. The maximum atomic E-state index is 12.6. The lowest BCUT2D eigenvalue weighted by molar-refractivity contribution is 0.0954. The lowest BCUT2D eigenvalue weighted by Gasteiger charge is -2.35. The van der Waals surface area contributed by atoms with Crippen molar-refractivity contribution in [1.82, 2.24) is 14.9 Å². The zero-order valence-electron chi connectivity index (χ0n) is 16.5. The molecule has 1 aliphatic heterocycles. The van der Waals surface area contributed by atoms with Crippen LogP contribution in [0.2, 0.25) is 10.0 Å². The quantitative estimate of drug-likeness (QED) is 0.516. The fourth-order valence-electron chi connectivity index (χ4n) is 3.40. The maximum absolute atomic E-state index is 12.6. The highest BCUT2D eigenvalue weighted by molar-refractivity contribution is 7.22. The molecule has 164 valence electrons. The first-order valence-corrected chi connectivity index (χ1v) is 11.3. The number of thiazole rings is 1. The van der Waals surface area contributed by atoms with Crippen molar-refractivity contribution in [3.8, 4) is 0 Å². The highest BCUT2D eigenvalue weighted by Crippen LogP contribution is 2.29. The fourth-order valence-corrected chi connectivity index (χ4v) is 4.84. The molecule has 0 radical (unpaired) electrons. The minimum absolute atomic E-state index is 0.197. The summed E-state index contributed by atoms with van der Waals surface area (Å²) in [4.78, 5) is 25.3. The number of amides is 2. The van der Waals surface area contributed by atoms with Crippen LogP contribution in [0.4, 0.5) is 15.7 Å². The number of benzene rings is 1. The summed E-state index contributed by atoms with van der Waals surface area (Å²) in [6.07, 6.45) is 1.10. The van der Waals surface area contributed by atoms with E-state index in [4.69, 9.17) is 28.3 Å². The normalized spacial score (nSPS) is 15.4. The summed E-state index contributed by atoms with van der Waals surface area (Å²) in [5.74, 6) is 0.645. The predicted molar refractivity (Wildman–Crippen MR) is 123 cm³/mol. The molecule has 1 fully saturated rings. The van der Waals surface area contributed by atoms with Gasteiger partial charge in [0.25, 0.3) is 0 Å². The van der Waals surface area contributed by atoms with E-state index in [0.717, 1.165) is 15.8 Å². The third-order valence-corrected chi connectivity index (χ3v) is 6.44. The molecule has 1 aliphatic rings. The lowest BCUT2D eigenvalue weighted by Crippen LogP contribution is -2.50. The number of hydrogen-bond donors (Lipinski definition) is 3. The van der Waals surface area contributed by atoms with Crippen LogP contribution in [0, 0.1) is 0 Å². The zero-order valence-corrected chi connectivity index (χ0v) is 18.8. The van der Waals surface area contributed by atoms with Crippen molar-refractivity contribution in [1.29, 1.82) is 0 Å². The number of halogens is 2. The second-order valence-corrected chi connectivity index (χ2v) is 9.10. The Labute approximate surface area is 193 Å². The average molecular weight is 482 g/mol. The molecule has 0 saturated carbocycles. The molecule has 11 heteroatoms. The van der Waals surface area contributed by atoms with Gasteiger partial charge in [0, 0.05) is 43.8 Å². The Balaban J connectivity index is 1.35. The van der Waals surface area contributed by atoms with Gasteiger partial charge >= 0.3 is 6.03 Å². The van der Waals surface area contributed by atoms with E-state index in [1.54, 1.807) is 23.2 Å². The van der Waals surface area contributed by atoms with Gasteiger partial charge in [0.15, 0.2) is 5.13 Å².